The number of hydrogen-bond acceptors (Lipinski definition) is 3. The third kappa shape index (κ3) is 3.19. The predicted octanol–water partition coefficient (Wildman–Crippen LogP) is 0.148. The van der Waals surface area contributed by atoms with E-state index in [4.69, 9.17) is 4.74 Å². The van der Waals surface area contributed by atoms with E-state index in [1.54, 1.807) is 19.1 Å². The number of carbonyl (C=O) groups excluding carboxylic acids is 1. The van der Waals surface area contributed by atoms with Gasteiger partial charge < -0.3 is 4.74 Å². The molecule has 1 atom stereocenters. The third-order valence-electron chi connectivity index (χ3n) is 1.79. The Bertz CT molecular complexity index is 153. The van der Waals surface area contributed by atoms with Crippen LogP contribution in [0.3, 0.4) is 0 Å². The van der Waals surface area contributed by atoms with Crippen molar-refractivity contribution in [1.29, 1.82) is 0 Å². The molecular weight excluding hydrogens is 156 g/mol. The molecule has 1 fully saturated rings. The van der Waals surface area contributed by atoms with Crippen molar-refractivity contribution in [3.8, 4) is 0 Å². The minimum atomic E-state index is 0.0342. The molecular formula is C8H16N2O2. The van der Waals surface area contributed by atoms with Crippen LogP contribution in [0.25, 0.3) is 0 Å². The number of rotatable bonds is 3. The summed E-state index contributed by atoms with van der Waals surface area (Å²) in [5.41, 5.74) is 2.68. The van der Waals surface area contributed by atoms with Crippen LogP contribution in [0.4, 0.5) is 0 Å². The lowest BCUT2D eigenvalue weighted by Crippen LogP contribution is -2.37. The summed E-state index contributed by atoms with van der Waals surface area (Å²) >= 11 is 0. The minimum absolute atomic E-state index is 0.0342. The highest BCUT2D eigenvalue weighted by atomic mass is 16.5. The SMILES string of the molecule is CN(C)NC(=O)CC1CCCO1. The first kappa shape index (κ1) is 9.48. The second-order valence-corrected chi connectivity index (χ2v) is 3.27. The van der Waals surface area contributed by atoms with E-state index >= 15 is 0 Å². The molecule has 1 N–H and O–H groups in total. The molecule has 4 heteroatoms. The molecule has 1 aliphatic heterocycles. The van der Waals surface area contributed by atoms with E-state index in [0.717, 1.165) is 19.4 Å². The molecule has 0 aromatic carbocycles. The molecule has 12 heavy (non-hydrogen) atoms. The highest BCUT2D eigenvalue weighted by Gasteiger charge is 2.18. The lowest BCUT2D eigenvalue weighted by atomic mass is 10.2. The summed E-state index contributed by atoms with van der Waals surface area (Å²) in [5, 5.41) is 1.65. The molecule has 0 saturated carbocycles. The van der Waals surface area contributed by atoms with Gasteiger partial charge in [-0.1, -0.05) is 0 Å². The summed E-state index contributed by atoms with van der Waals surface area (Å²) in [7, 11) is 3.60. The van der Waals surface area contributed by atoms with E-state index in [0.29, 0.717) is 6.42 Å². The minimum Gasteiger partial charge on any atom is -0.378 e. The fourth-order valence-corrected chi connectivity index (χ4v) is 1.31. The Hall–Kier alpha value is -0.610. The van der Waals surface area contributed by atoms with Crippen LogP contribution in [0, 0.1) is 0 Å². The van der Waals surface area contributed by atoms with E-state index in [1.165, 1.54) is 0 Å². The van der Waals surface area contributed by atoms with Crippen molar-refractivity contribution >= 4 is 5.91 Å². The lowest BCUT2D eigenvalue weighted by molar-refractivity contribution is -0.127. The van der Waals surface area contributed by atoms with E-state index in [1.807, 2.05) is 0 Å². The molecule has 4 nitrogen and oxygen atoms in total. The highest BCUT2D eigenvalue weighted by Crippen LogP contribution is 2.14. The van der Waals surface area contributed by atoms with Gasteiger partial charge >= 0.3 is 0 Å². The summed E-state index contributed by atoms with van der Waals surface area (Å²) < 4.78 is 5.33. The van der Waals surface area contributed by atoms with Crippen molar-refractivity contribution in [3.05, 3.63) is 0 Å². The molecule has 1 saturated heterocycles. The normalized spacial score (nSPS) is 23.1. The Labute approximate surface area is 72.8 Å². The second kappa shape index (κ2) is 4.42. The molecule has 0 aromatic rings. The van der Waals surface area contributed by atoms with Crippen molar-refractivity contribution in [2.45, 2.75) is 25.4 Å². The monoisotopic (exact) mass is 172 g/mol. The lowest BCUT2D eigenvalue weighted by Gasteiger charge is -2.13. The second-order valence-electron chi connectivity index (χ2n) is 3.27. The Morgan fingerprint density at radius 1 is 1.67 bits per heavy atom. The zero-order chi connectivity index (χ0) is 8.97. The zero-order valence-electron chi connectivity index (χ0n) is 7.67. The van der Waals surface area contributed by atoms with Gasteiger partial charge in [0.1, 0.15) is 0 Å². The van der Waals surface area contributed by atoms with Crippen LogP contribution in [-0.2, 0) is 9.53 Å². The van der Waals surface area contributed by atoms with Gasteiger partial charge in [-0.15, -0.1) is 0 Å². The fourth-order valence-electron chi connectivity index (χ4n) is 1.31. The van der Waals surface area contributed by atoms with Crippen molar-refractivity contribution in [3.63, 3.8) is 0 Å². The molecule has 70 valence electrons. The number of carbonyl (C=O) groups is 1. The van der Waals surface area contributed by atoms with Crippen LogP contribution in [0.15, 0.2) is 0 Å². The predicted molar refractivity (Wildman–Crippen MR) is 45.4 cm³/mol. The number of nitrogens with one attached hydrogen (secondary N) is 1. The number of ether oxygens (including phenoxy) is 1. The summed E-state index contributed by atoms with van der Waals surface area (Å²) in [5.74, 6) is 0.0342. The third-order valence-corrected chi connectivity index (χ3v) is 1.79. The average Bonchev–Trinajstić information content (AvgIpc) is 2.37. The summed E-state index contributed by atoms with van der Waals surface area (Å²) in [6.45, 7) is 0.805. The van der Waals surface area contributed by atoms with E-state index in [-0.39, 0.29) is 12.0 Å². The van der Waals surface area contributed by atoms with E-state index in [9.17, 15) is 4.79 Å². The maximum absolute atomic E-state index is 11.2. The Kier molecular flexibility index (Phi) is 3.49. The topological polar surface area (TPSA) is 41.6 Å². The molecule has 1 amide bonds. The summed E-state index contributed by atoms with van der Waals surface area (Å²) in [6.07, 6.45) is 2.73. The summed E-state index contributed by atoms with van der Waals surface area (Å²) in [6, 6.07) is 0. The van der Waals surface area contributed by atoms with Crippen LogP contribution in [0.1, 0.15) is 19.3 Å². The maximum atomic E-state index is 11.2. The molecule has 0 spiro atoms. The van der Waals surface area contributed by atoms with Crippen molar-refractivity contribution in [2.75, 3.05) is 20.7 Å². The number of hydrazine groups is 1. The van der Waals surface area contributed by atoms with Gasteiger partial charge in [0.05, 0.1) is 12.5 Å². The first-order chi connectivity index (χ1) is 5.68. The van der Waals surface area contributed by atoms with Gasteiger partial charge in [-0.25, -0.2) is 5.01 Å². The largest absolute Gasteiger partial charge is 0.378 e. The highest BCUT2D eigenvalue weighted by molar-refractivity contribution is 5.75. The Morgan fingerprint density at radius 3 is 2.92 bits per heavy atom. The Balaban J connectivity index is 2.16. The molecule has 0 aromatic heterocycles. The molecule has 1 rings (SSSR count). The van der Waals surface area contributed by atoms with Gasteiger partial charge in [0, 0.05) is 20.7 Å². The van der Waals surface area contributed by atoms with Crippen molar-refractivity contribution in [1.82, 2.24) is 10.4 Å². The fraction of sp³-hybridized carbons (Fsp3) is 0.875. The number of nitrogens with zero attached hydrogens (tertiary/aromatic N) is 1. The van der Waals surface area contributed by atoms with Gasteiger partial charge in [-0.05, 0) is 12.8 Å². The van der Waals surface area contributed by atoms with Crippen LogP contribution < -0.4 is 5.43 Å². The molecule has 1 aliphatic rings. The number of hydrogen-bond donors (Lipinski definition) is 1. The first-order valence-corrected chi connectivity index (χ1v) is 4.27. The first-order valence-electron chi connectivity index (χ1n) is 4.27. The molecule has 1 unspecified atom stereocenters. The van der Waals surface area contributed by atoms with Crippen LogP contribution >= 0.6 is 0 Å². The molecule has 1 heterocycles. The standard InChI is InChI=1S/C8H16N2O2/c1-10(2)9-8(11)6-7-4-3-5-12-7/h7H,3-6H2,1-2H3,(H,9,11). The van der Waals surface area contributed by atoms with Crippen molar-refractivity contribution < 1.29 is 9.53 Å². The van der Waals surface area contributed by atoms with Crippen molar-refractivity contribution in [2.24, 2.45) is 0 Å². The summed E-state index contributed by atoms with van der Waals surface area (Å²) in [4.78, 5) is 11.2. The van der Waals surface area contributed by atoms with E-state index < -0.39 is 0 Å². The van der Waals surface area contributed by atoms with Crippen LogP contribution in [0.5, 0.6) is 0 Å². The number of amides is 1. The Morgan fingerprint density at radius 2 is 2.42 bits per heavy atom. The molecule has 0 radical (unpaired) electrons. The average molecular weight is 172 g/mol. The van der Waals surface area contributed by atoms with Gasteiger partial charge in [0.15, 0.2) is 0 Å². The maximum Gasteiger partial charge on any atom is 0.236 e. The van der Waals surface area contributed by atoms with Crippen LogP contribution in [0.2, 0.25) is 0 Å². The zero-order valence-corrected chi connectivity index (χ0v) is 7.67. The van der Waals surface area contributed by atoms with Crippen LogP contribution in [-0.4, -0.2) is 37.7 Å². The van der Waals surface area contributed by atoms with E-state index in [2.05, 4.69) is 5.43 Å². The smallest absolute Gasteiger partial charge is 0.236 e. The quantitative estimate of drug-likeness (QED) is 0.616. The van der Waals surface area contributed by atoms with Gasteiger partial charge in [-0.2, -0.15) is 0 Å². The van der Waals surface area contributed by atoms with Gasteiger partial charge in [-0.3, -0.25) is 10.2 Å². The molecule has 0 bridgehead atoms. The van der Waals surface area contributed by atoms with Gasteiger partial charge in [0.25, 0.3) is 0 Å². The van der Waals surface area contributed by atoms with Gasteiger partial charge in [0.2, 0.25) is 5.91 Å². The molecule has 0 aliphatic carbocycles.